The van der Waals surface area contributed by atoms with Gasteiger partial charge < -0.3 is 9.47 Å². The van der Waals surface area contributed by atoms with Crippen LogP contribution in [0.3, 0.4) is 0 Å². The zero-order chi connectivity index (χ0) is 28.3. The second kappa shape index (κ2) is 35.0. The van der Waals surface area contributed by atoms with Gasteiger partial charge in [-0.15, -0.1) is 0 Å². The molecular formula is C36H70O3. The van der Waals surface area contributed by atoms with E-state index in [4.69, 9.17) is 9.47 Å². The zero-order valence-corrected chi connectivity index (χ0v) is 26.8. The maximum absolute atomic E-state index is 11.7. The summed E-state index contributed by atoms with van der Waals surface area (Å²) in [4.78, 5) is 11.7. The third kappa shape index (κ3) is 35.0. The molecule has 0 heterocycles. The zero-order valence-electron chi connectivity index (χ0n) is 26.8. The first-order valence-electron chi connectivity index (χ1n) is 17.8. The summed E-state index contributed by atoms with van der Waals surface area (Å²) >= 11 is 0. The van der Waals surface area contributed by atoms with Gasteiger partial charge in [0, 0.05) is 0 Å². The molecular weight excluding hydrogens is 480 g/mol. The quantitative estimate of drug-likeness (QED) is 0.0474. The average Bonchev–Trinajstić information content (AvgIpc) is 2.94. The molecule has 3 heteroatoms. The van der Waals surface area contributed by atoms with Gasteiger partial charge in [-0.25, -0.2) is 4.79 Å². The molecule has 0 radical (unpaired) electrons. The third-order valence-corrected chi connectivity index (χ3v) is 7.84. The van der Waals surface area contributed by atoms with Crippen molar-refractivity contribution in [2.45, 2.75) is 200 Å². The average molecular weight is 551 g/mol. The van der Waals surface area contributed by atoms with Gasteiger partial charge in [-0.3, -0.25) is 0 Å². The minimum Gasteiger partial charge on any atom is -0.434 e. The first-order valence-corrected chi connectivity index (χ1v) is 17.8. The largest absolute Gasteiger partial charge is 0.508 e. The van der Waals surface area contributed by atoms with Crippen LogP contribution < -0.4 is 0 Å². The number of hydrogen-bond acceptors (Lipinski definition) is 3. The Morgan fingerprint density at radius 3 is 0.949 bits per heavy atom. The summed E-state index contributed by atoms with van der Waals surface area (Å²) in [5.41, 5.74) is 0. The van der Waals surface area contributed by atoms with E-state index in [9.17, 15) is 4.79 Å². The van der Waals surface area contributed by atoms with Crippen LogP contribution in [-0.4, -0.2) is 19.4 Å². The lowest BCUT2D eigenvalue weighted by atomic mass is 10.1. The summed E-state index contributed by atoms with van der Waals surface area (Å²) in [6, 6.07) is 0. The second-order valence-corrected chi connectivity index (χ2v) is 11.8. The van der Waals surface area contributed by atoms with Crippen LogP contribution in [0.15, 0.2) is 12.2 Å². The second-order valence-electron chi connectivity index (χ2n) is 11.8. The molecule has 0 N–H and O–H groups in total. The van der Waals surface area contributed by atoms with E-state index in [1.165, 1.54) is 161 Å². The van der Waals surface area contributed by atoms with E-state index in [1.54, 1.807) is 0 Å². The van der Waals surface area contributed by atoms with E-state index in [1.807, 2.05) is 0 Å². The molecule has 0 aromatic heterocycles. The highest BCUT2D eigenvalue weighted by atomic mass is 16.7. The van der Waals surface area contributed by atoms with Crippen LogP contribution in [0.4, 0.5) is 4.79 Å². The minimum absolute atomic E-state index is 0.477. The summed E-state index contributed by atoms with van der Waals surface area (Å²) in [5, 5.41) is 0. The fourth-order valence-corrected chi connectivity index (χ4v) is 5.18. The Hall–Kier alpha value is -0.990. The maximum Gasteiger partial charge on any atom is 0.508 e. The van der Waals surface area contributed by atoms with Crippen LogP contribution in [0.5, 0.6) is 0 Å². The van der Waals surface area contributed by atoms with Gasteiger partial charge in [0.25, 0.3) is 0 Å². The van der Waals surface area contributed by atoms with Gasteiger partial charge in [-0.1, -0.05) is 174 Å². The van der Waals surface area contributed by atoms with Gasteiger partial charge in [0.15, 0.2) is 0 Å². The minimum atomic E-state index is -0.477. The van der Waals surface area contributed by atoms with E-state index in [2.05, 4.69) is 26.0 Å². The maximum atomic E-state index is 11.7. The molecule has 0 saturated carbocycles. The van der Waals surface area contributed by atoms with Gasteiger partial charge in [0.05, 0.1) is 13.2 Å². The van der Waals surface area contributed by atoms with Crippen molar-refractivity contribution in [2.24, 2.45) is 0 Å². The molecule has 0 bridgehead atoms. The van der Waals surface area contributed by atoms with Gasteiger partial charge in [-0.05, 0) is 38.5 Å². The molecule has 232 valence electrons. The van der Waals surface area contributed by atoms with Crippen molar-refractivity contribution in [3.63, 3.8) is 0 Å². The number of carbonyl (C=O) groups excluding carboxylic acids is 1. The van der Waals surface area contributed by atoms with Crippen molar-refractivity contribution >= 4 is 6.16 Å². The SMILES string of the molecule is CCCCCCCCC=CCCCCCCCCCCCCOC(=O)OCCCCCCCCCCCCC. The molecule has 0 aromatic rings. The van der Waals surface area contributed by atoms with Crippen LogP contribution in [0.1, 0.15) is 200 Å². The predicted octanol–water partition coefficient (Wildman–Crippen LogP) is 13.0. The Balaban J connectivity index is 3.17. The van der Waals surface area contributed by atoms with E-state index in [-0.39, 0.29) is 0 Å². The molecule has 0 unspecified atom stereocenters. The molecule has 0 aromatic carbocycles. The molecule has 0 aliphatic heterocycles. The molecule has 0 saturated heterocycles. The number of unbranched alkanes of at least 4 members (excludes halogenated alkanes) is 26. The van der Waals surface area contributed by atoms with Crippen molar-refractivity contribution < 1.29 is 14.3 Å². The predicted molar refractivity (Wildman–Crippen MR) is 172 cm³/mol. The number of carbonyl (C=O) groups is 1. The van der Waals surface area contributed by atoms with Crippen LogP contribution in [0.2, 0.25) is 0 Å². The Bertz CT molecular complexity index is 488. The lowest BCUT2D eigenvalue weighted by Gasteiger charge is -2.07. The smallest absolute Gasteiger partial charge is 0.434 e. The number of rotatable bonds is 32. The Morgan fingerprint density at radius 1 is 0.385 bits per heavy atom. The molecule has 0 rings (SSSR count). The highest BCUT2D eigenvalue weighted by molar-refractivity contribution is 5.59. The molecule has 0 aliphatic rings. The lowest BCUT2D eigenvalue weighted by Crippen LogP contribution is -2.09. The van der Waals surface area contributed by atoms with Crippen molar-refractivity contribution in [1.82, 2.24) is 0 Å². The highest BCUT2D eigenvalue weighted by Gasteiger charge is 2.03. The monoisotopic (exact) mass is 551 g/mol. The van der Waals surface area contributed by atoms with Crippen molar-refractivity contribution in [1.29, 1.82) is 0 Å². The fraction of sp³-hybridized carbons (Fsp3) is 0.917. The van der Waals surface area contributed by atoms with E-state index in [0.29, 0.717) is 13.2 Å². The van der Waals surface area contributed by atoms with E-state index < -0.39 is 6.16 Å². The Kier molecular flexibility index (Phi) is 34.1. The number of hydrogen-bond donors (Lipinski definition) is 0. The van der Waals surface area contributed by atoms with Crippen molar-refractivity contribution in [2.75, 3.05) is 13.2 Å². The standard InChI is InChI=1S/C36H70O3/c1-3-5-7-9-11-13-15-16-17-18-19-20-21-22-23-25-27-29-31-33-35-39-36(37)38-34-32-30-28-26-24-14-12-10-8-6-4-2/h16-17H,3-15,18-35H2,1-2H3. The third-order valence-electron chi connectivity index (χ3n) is 7.84. The molecule has 0 atom stereocenters. The van der Waals surface area contributed by atoms with Crippen molar-refractivity contribution in [3.8, 4) is 0 Å². The van der Waals surface area contributed by atoms with Crippen LogP contribution in [0.25, 0.3) is 0 Å². The molecule has 0 fully saturated rings. The fourth-order valence-electron chi connectivity index (χ4n) is 5.18. The van der Waals surface area contributed by atoms with Gasteiger partial charge in [0.2, 0.25) is 0 Å². The molecule has 0 aliphatic carbocycles. The first kappa shape index (κ1) is 38.0. The Labute approximate surface area is 245 Å². The summed E-state index contributed by atoms with van der Waals surface area (Å²) in [7, 11) is 0. The van der Waals surface area contributed by atoms with Crippen LogP contribution in [0, 0.1) is 0 Å². The molecule has 3 nitrogen and oxygen atoms in total. The summed E-state index contributed by atoms with van der Waals surface area (Å²) < 4.78 is 10.4. The van der Waals surface area contributed by atoms with Crippen LogP contribution >= 0.6 is 0 Å². The van der Waals surface area contributed by atoms with Gasteiger partial charge in [0.1, 0.15) is 0 Å². The molecule has 0 spiro atoms. The molecule has 39 heavy (non-hydrogen) atoms. The lowest BCUT2D eigenvalue weighted by molar-refractivity contribution is 0.0529. The van der Waals surface area contributed by atoms with Crippen LogP contribution in [-0.2, 0) is 9.47 Å². The highest BCUT2D eigenvalue weighted by Crippen LogP contribution is 2.13. The van der Waals surface area contributed by atoms with Gasteiger partial charge >= 0.3 is 6.16 Å². The summed E-state index contributed by atoms with van der Waals surface area (Å²) in [6.07, 6.45) is 42.5. The van der Waals surface area contributed by atoms with E-state index >= 15 is 0 Å². The normalized spacial score (nSPS) is 11.4. The first-order chi connectivity index (χ1) is 19.3. The summed E-state index contributed by atoms with van der Waals surface area (Å²) in [5.74, 6) is 0. The number of ether oxygens (including phenoxy) is 2. The van der Waals surface area contributed by atoms with E-state index in [0.717, 1.165) is 25.7 Å². The number of allylic oxidation sites excluding steroid dienone is 2. The molecule has 0 amide bonds. The van der Waals surface area contributed by atoms with Crippen molar-refractivity contribution in [3.05, 3.63) is 12.2 Å². The Morgan fingerprint density at radius 2 is 0.641 bits per heavy atom. The summed E-state index contributed by atoms with van der Waals surface area (Å²) in [6.45, 7) is 5.56. The topological polar surface area (TPSA) is 35.5 Å². The van der Waals surface area contributed by atoms with Gasteiger partial charge in [-0.2, -0.15) is 0 Å².